The Bertz CT molecular complexity index is 987. The molecule has 0 saturated heterocycles. The number of para-hydroxylation sites is 1. The Morgan fingerprint density at radius 1 is 0.929 bits per heavy atom. The van der Waals surface area contributed by atoms with Gasteiger partial charge >= 0.3 is 5.97 Å². The molecular weight excluding hydrogens is 381 g/mol. The number of carbonyl (C=O) groups is 2. The lowest BCUT2D eigenvalue weighted by atomic mass is 10.1. The summed E-state index contributed by atoms with van der Waals surface area (Å²) in [5, 5.41) is 0.168. The van der Waals surface area contributed by atoms with Gasteiger partial charge in [0.05, 0.1) is 16.1 Å². The van der Waals surface area contributed by atoms with E-state index >= 15 is 0 Å². The normalized spacial score (nSPS) is 10.4. The van der Waals surface area contributed by atoms with E-state index in [9.17, 15) is 14.0 Å². The Morgan fingerprint density at radius 3 is 2.25 bits per heavy atom. The lowest BCUT2D eigenvalue weighted by Crippen LogP contribution is -2.28. The number of amides is 1. The van der Waals surface area contributed by atoms with E-state index in [1.165, 1.54) is 29.2 Å². The van der Waals surface area contributed by atoms with Gasteiger partial charge in [0.25, 0.3) is 5.91 Å². The second kappa shape index (κ2) is 8.67. The maximum Gasteiger partial charge on any atom is 0.339 e. The molecule has 0 saturated carbocycles. The summed E-state index contributed by atoms with van der Waals surface area (Å²) in [5.74, 6) is -1.65. The van der Waals surface area contributed by atoms with Gasteiger partial charge in [0.2, 0.25) is 0 Å². The lowest BCUT2D eigenvalue weighted by molar-refractivity contribution is 0.0466. The quantitative estimate of drug-likeness (QED) is 0.562. The van der Waals surface area contributed by atoms with Gasteiger partial charge in [-0.2, -0.15) is 0 Å². The third-order valence-corrected chi connectivity index (χ3v) is 4.59. The van der Waals surface area contributed by atoms with Crippen LogP contribution in [0.4, 0.5) is 10.1 Å². The number of halogens is 2. The molecule has 3 aromatic carbocycles. The van der Waals surface area contributed by atoms with Gasteiger partial charge in [0.15, 0.2) is 0 Å². The number of hydrogen-bond acceptors (Lipinski definition) is 3. The summed E-state index contributed by atoms with van der Waals surface area (Å²) in [7, 11) is 1.62. The number of hydrogen-bond donors (Lipinski definition) is 0. The van der Waals surface area contributed by atoms with Gasteiger partial charge in [0, 0.05) is 18.3 Å². The fourth-order valence-corrected chi connectivity index (χ4v) is 2.90. The largest absolute Gasteiger partial charge is 0.457 e. The SMILES string of the molecule is CN(C(=O)c1ccccc1C(=O)OCc1c(F)cccc1Cl)c1ccccc1. The van der Waals surface area contributed by atoms with Crippen molar-refractivity contribution in [1.82, 2.24) is 0 Å². The molecule has 1 amide bonds. The monoisotopic (exact) mass is 397 g/mol. The first-order chi connectivity index (χ1) is 13.5. The van der Waals surface area contributed by atoms with Crippen LogP contribution in [0.1, 0.15) is 26.3 Å². The number of ether oxygens (including phenoxy) is 1. The van der Waals surface area contributed by atoms with Crippen LogP contribution in [0.5, 0.6) is 0 Å². The first-order valence-electron chi connectivity index (χ1n) is 8.51. The summed E-state index contributed by atoms with van der Waals surface area (Å²) in [6.07, 6.45) is 0. The van der Waals surface area contributed by atoms with Gasteiger partial charge in [-0.1, -0.05) is 48.0 Å². The van der Waals surface area contributed by atoms with Gasteiger partial charge in [-0.25, -0.2) is 9.18 Å². The standard InChI is InChI=1S/C22H17ClFNO3/c1-25(15-8-3-2-4-9-15)21(26)16-10-5-6-11-17(16)22(27)28-14-18-19(23)12-7-13-20(18)24/h2-13H,14H2,1H3. The van der Waals surface area contributed by atoms with Crippen LogP contribution in [0.15, 0.2) is 72.8 Å². The van der Waals surface area contributed by atoms with Gasteiger partial charge in [-0.3, -0.25) is 4.79 Å². The molecule has 0 radical (unpaired) electrons. The van der Waals surface area contributed by atoms with Crippen molar-refractivity contribution in [2.24, 2.45) is 0 Å². The van der Waals surface area contributed by atoms with Crippen LogP contribution in [0, 0.1) is 5.82 Å². The fourth-order valence-electron chi connectivity index (χ4n) is 2.68. The van der Waals surface area contributed by atoms with E-state index in [0.717, 1.165) is 0 Å². The van der Waals surface area contributed by atoms with Gasteiger partial charge in [0.1, 0.15) is 12.4 Å². The van der Waals surface area contributed by atoms with Gasteiger partial charge in [-0.05, 0) is 36.4 Å². The molecule has 28 heavy (non-hydrogen) atoms. The van der Waals surface area contributed by atoms with Crippen molar-refractivity contribution in [2.75, 3.05) is 11.9 Å². The zero-order chi connectivity index (χ0) is 20.1. The minimum atomic E-state index is -0.732. The van der Waals surface area contributed by atoms with Crippen molar-refractivity contribution >= 4 is 29.2 Å². The van der Waals surface area contributed by atoms with E-state index in [4.69, 9.17) is 16.3 Å². The maximum atomic E-state index is 13.9. The maximum absolute atomic E-state index is 13.9. The Kier molecular flexibility index (Phi) is 6.06. The van der Waals surface area contributed by atoms with Crippen molar-refractivity contribution in [3.8, 4) is 0 Å². The Hall–Kier alpha value is -3.18. The van der Waals surface area contributed by atoms with Crippen LogP contribution >= 0.6 is 11.6 Å². The predicted octanol–water partition coefficient (Wildman–Crippen LogP) is 5.11. The molecule has 3 rings (SSSR count). The molecule has 142 valence electrons. The topological polar surface area (TPSA) is 46.6 Å². The van der Waals surface area contributed by atoms with Crippen LogP contribution < -0.4 is 4.90 Å². The second-order valence-electron chi connectivity index (χ2n) is 6.02. The van der Waals surface area contributed by atoms with Crippen LogP contribution in [0.3, 0.4) is 0 Å². The summed E-state index contributed by atoms with van der Waals surface area (Å²) in [4.78, 5) is 26.9. The van der Waals surface area contributed by atoms with E-state index in [-0.39, 0.29) is 34.2 Å². The minimum absolute atomic E-state index is 0.0859. The van der Waals surface area contributed by atoms with Crippen LogP contribution in [-0.4, -0.2) is 18.9 Å². The molecule has 6 heteroatoms. The first-order valence-corrected chi connectivity index (χ1v) is 8.89. The highest BCUT2D eigenvalue weighted by atomic mass is 35.5. The summed E-state index contributed by atoms with van der Waals surface area (Å²) in [5.41, 5.74) is 1.07. The number of rotatable bonds is 5. The summed E-state index contributed by atoms with van der Waals surface area (Å²) in [6.45, 7) is -0.332. The van der Waals surface area contributed by atoms with Gasteiger partial charge in [-0.15, -0.1) is 0 Å². The molecule has 0 aliphatic rings. The highest BCUT2D eigenvalue weighted by Crippen LogP contribution is 2.22. The summed E-state index contributed by atoms with van der Waals surface area (Å²) < 4.78 is 19.1. The third kappa shape index (κ3) is 4.21. The summed E-state index contributed by atoms with van der Waals surface area (Å²) >= 11 is 5.96. The average Bonchev–Trinajstić information content (AvgIpc) is 2.73. The zero-order valence-electron chi connectivity index (χ0n) is 15.1. The molecule has 0 fully saturated rings. The first kappa shape index (κ1) is 19.6. The number of benzene rings is 3. The molecule has 4 nitrogen and oxygen atoms in total. The molecular formula is C22H17ClFNO3. The summed E-state index contributed by atoms with van der Waals surface area (Å²) in [6, 6.07) is 19.6. The lowest BCUT2D eigenvalue weighted by Gasteiger charge is -2.19. The third-order valence-electron chi connectivity index (χ3n) is 4.23. The number of carbonyl (C=O) groups excluding carboxylic acids is 2. The molecule has 0 atom stereocenters. The number of anilines is 1. The van der Waals surface area contributed by atoms with E-state index in [0.29, 0.717) is 5.69 Å². The highest BCUT2D eigenvalue weighted by Gasteiger charge is 2.22. The Morgan fingerprint density at radius 2 is 1.57 bits per heavy atom. The molecule has 3 aromatic rings. The molecule has 0 unspecified atom stereocenters. The van der Waals surface area contributed by atoms with Crippen LogP contribution in [-0.2, 0) is 11.3 Å². The second-order valence-corrected chi connectivity index (χ2v) is 6.43. The predicted molar refractivity (Wildman–Crippen MR) is 106 cm³/mol. The Labute approximate surface area is 167 Å². The van der Waals surface area contributed by atoms with Crippen molar-refractivity contribution in [3.63, 3.8) is 0 Å². The molecule has 0 N–H and O–H groups in total. The molecule has 0 spiro atoms. The molecule has 0 aliphatic heterocycles. The molecule has 0 aliphatic carbocycles. The van der Waals surface area contributed by atoms with E-state index in [1.54, 1.807) is 37.4 Å². The van der Waals surface area contributed by atoms with Crippen LogP contribution in [0.25, 0.3) is 0 Å². The minimum Gasteiger partial charge on any atom is -0.457 e. The number of esters is 1. The van der Waals surface area contributed by atoms with Crippen molar-refractivity contribution in [2.45, 2.75) is 6.61 Å². The molecule has 0 aromatic heterocycles. The van der Waals surface area contributed by atoms with Crippen molar-refractivity contribution in [3.05, 3.63) is 100 Å². The average molecular weight is 398 g/mol. The molecule has 0 bridgehead atoms. The van der Waals surface area contributed by atoms with Crippen molar-refractivity contribution in [1.29, 1.82) is 0 Å². The molecule has 0 heterocycles. The Balaban J connectivity index is 1.81. The highest BCUT2D eigenvalue weighted by molar-refractivity contribution is 6.31. The van der Waals surface area contributed by atoms with Crippen molar-refractivity contribution < 1.29 is 18.7 Å². The zero-order valence-corrected chi connectivity index (χ0v) is 15.8. The fraction of sp³-hybridized carbons (Fsp3) is 0.0909. The number of nitrogens with zero attached hydrogens (tertiary/aromatic N) is 1. The smallest absolute Gasteiger partial charge is 0.339 e. The van der Waals surface area contributed by atoms with E-state index < -0.39 is 11.8 Å². The van der Waals surface area contributed by atoms with Gasteiger partial charge < -0.3 is 9.64 Å². The van der Waals surface area contributed by atoms with E-state index in [1.807, 2.05) is 18.2 Å². The van der Waals surface area contributed by atoms with Crippen LogP contribution in [0.2, 0.25) is 5.02 Å². The van der Waals surface area contributed by atoms with E-state index in [2.05, 4.69) is 0 Å².